The van der Waals surface area contributed by atoms with E-state index in [9.17, 15) is 9.59 Å². The molecule has 0 spiro atoms. The van der Waals surface area contributed by atoms with Gasteiger partial charge >= 0.3 is 0 Å². The second-order valence-corrected chi connectivity index (χ2v) is 11.5. The molecule has 4 aliphatic rings. The highest BCUT2D eigenvalue weighted by atomic mass is 16.5. The van der Waals surface area contributed by atoms with Crippen LogP contribution in [0.3, 0.4) is 0 Å². The van der Waals surface area contributed by atoms with Gasteiger partial charge in [-0.05, 0) is 101 Å². The summed E-state index contributed by atoms with van der Waals surface area (Å²) >= 11 is 0. The van der Waals surface area contributed by atoms with Gasteiger partial charge in [-0.1, -0.05) is 6.92 Å². The Balaban J connectivity index is 1.48. The minimum atomic E-state index is -0.430. The second kappa shape index (κ2) is 9.34. The fraction of sp³-hybridized carbons (Fsp3) is 0.923. The lowest BCUT2D eigenvalue weighted by Crippen LogP contribution is -2.65. The Kier molecular flexibility index (Phi) is 7.05. The van der Waals surface area contributed by atoms with Gasteiger partial charge in [0, 0.05) is 19.2 Å². The highest BCUT2D eigenvalue weighted by Gasteiger charge is 2.59. The molecule has 1 N–H and O–H groups in total. The molecule has 8 atom stereocenters. The van der Waals surface area contributed by atoms with E-state index < -0.39 is 6.61 Å². The molecule has 0 bridgehead atoms. The second-order valence-electron chi connectivity index (χ2n) is 11.5. The number of fused-ring (bicyclic) bond motifs is 5. The standard InChI is InChI=1S/C26H43NO5/c1-17(31-4)24(30)27-13-5-6-23-21-8-7-18-14-20(32-16-19(29)15-28)9-11-25(18,2)22(21)10-12-26(23,27)3/h17-18,20-23,28H,5-16H2,1-4H3/t17?,18?,20-,21+,22?,23?,25-,26-/m0/s1. The summed E-state index contributed by atoms with van der Waals surface area (Å²) in [7, 11) is 1.63. The molecule has 1 saturated heterocycles. The van der Waals surface area contributed by atoms with Crippen LogP contribution < -0.4 is 0 Å². The van der Waals surface area contributed by atoms with Crippen molar-refractivity contribution >= 4 is 11.7 Å². The van der Waals surface area contributed by atoms with Crippen molar-refractivity contribution in [1.82, 2.24) is 4.90 Å². The molecule has 0 radical (unpaired) electrons. The quantitative estimate of drug-likeness (QED) is 0.671. The first-order valence-corrected chi connectivity index (χ1v) is 12.8. The summed E-state index contributed by atoms with van der Waals surface area (Å²) in [5.74, 6) is 2.56. The topological polar surface area (TPSA) is 76.1 Å². The predicted octanol–water partition coefficient (Wildman–Crippen LogP) is 3.59. The Morgan fingerprint density at radius 3 is 2.59 bits per heavy atom. The molecule has 182 valence electrons. The Hall–Kier alpha value is -0.980. The third-order valence-corrected chi connectivity index (χ3v) is 10.1. The van der Waals surface area contributed by atoms with E-state index in [-0.39, 0.29) is 36.0 Å². The van der Waals surface area contributed by atoms with Gasteiger partial charge in [0.05, 0.1) is 6.10 Å². The van der Waals surface area contributed by atoms with Gasteiger partial charge in [0.1, 0.15) is 19.3 Å². The molecule has 1 aliphatic heterocycles. The van der Waals surface area contributed by atoms with Crippen LogP contribution in [0.2, 0.25) is 0 Å². The molecule has 6 nitrogen and oxygen atoms in total. The molecule has 6 heteroatoms. The minimum absolute atomic E-state index is 0.0425. The van der Waals surface area contributed by atoms with Gasteiger partial charge in [0.25, 0.3) is 5.91 Å². The van der Waals surface area contributed by atoms with Crippen LogP contribution in [0.1, 0.15) is 78.6 Å². The van der Waals surface area contributed by atoms with E-state index in [1.54, 1.807) is 7.11 Å². The third kappa shape index (κ3) is 4.05. The highest BCUT2D eigenvalue weighted by molar-refractivity contribution is 5.81. The summed E-state index contributed by atoms with van der Waals surface area (Å²) < 4.78 is 11.3. The van der Waals surface area contributed by atoms with Crippen molar-refractivity contribution in [3.05, 3.63) is 0 Å². The predicted molar refractivity (Wildman–Crippen MR) is 122 cm³/mol. The summed E-state index contributed by atoms with van der Waals surface area (Å²) in [4.78, 5) is 26.8. The number of aliphatic hydroxyl groups excluding tert-OH is 1. The molecule has 1 heterocycles. The summed E-state index contributed by atoms with van der Waals surface area (Å²) in [5, 5.41) is 8.97. The van der Waals surface area contributed by atoms with Crippen molar-refractivity contribution in [2.24, 2.45) is 29.1 Å². The number of ketones is 1. The molecule has 1 amide bonds. The van der Waals surface area contributed by atoms with Crippen LogP contribution in [-0.4, -0.2) is 66.3 Å². The Morgan fingerprint density at radius 1 is 1.09 bits per heavy atom. The highest BCUT2D eigenvalue weighted by Crippen LogP contribution is 2.63. The number of aliphatic hydroxyl groups is 1. The molecular formula is C26H43NO5. The first kappa shape index (κ1) is 24.2. The number of piperidine rings is 1. The third-order valence-electron chi connectivity index (χ3n) is 10.1. The van der Waals surface area contributed by atoms with Crippen LogP contribution in [0.4, 0.5) is 0 Å². The van der Waals surface area contributed by atoms with Crippen molar-refractivity contribution in [2.45, 2.75) is 96.3 Å². The van der Waals surface area contributed by atoms with Gasteiger partial charge in [0.15, 0.2) is 5.78 Å². The first-order chi connectivity index (χ1) is 15.2. The number of amides is 1. The normalized spacial score (nSPS) is 42.4. The maximum atomic E-state index is 13.2. The number of ether oxygens (including phenoxy) is 2. The summed E-state index contributed by atoms with van der Waals surface area (Å²) in [6, 6.07) is 0. The van der Waals surface area contributed by atoms with E-state index in [4.69, 9.17) is 14.6 Å². The largest absolute Gasteiger partial charge is 0.388 e. The van der Waals surface area contributed by atoms with Gasteiger partial charge in [0.2, 0.25) is 0 Å². The number of methoxy groups -OCH3 is 1. The van der Waals surface area contributed by atoms with E-state index >= 15 is 0 Å². The minimum Gasteiger partial charge on any atom is -0.388 e. The molecule has 4 rings (SSSR count). The maximum absolute atomic E-state index is 13.2. The molecule has 3 saturated carbocycles. The molecule has 4 fully saturated rings. The van der Waals surface area contributed by atoms with Gasteiger partial charge in [-0.25, -0.2) is 0 Å². The number of hydrogen-bond donors (Lipinski definition) is 1. The zero-order valence-corrected chi connectivity index (χ0v) is 20.5. The number of carbonyl (C=O) groups excluding carboxylic acids is 2. The lowest BCUT2D eigenvalue weighted by Gasteiger charge is -2.64. The number of hydrogen-bond acceptors (Lipinski definition) is 5. The van der Waals surface area contributed by atoms with Crippen molar-refractivity contribution < 1.29 is 24.2 Å². The van der Waals surface area contributed by atoms with E-state index in [2.05, 4.69) is 18.7 Å². The Labute approximate surface area is 193 Å². The average molecular weight is 450 g/mol. The van der Waals surface area contributed by atoms with Crippen molar-refractivity contribution in [3.63, 3.8) is 0 Å². The van der Waals surface area contributed by atoms with Crippen molar-refractivity contribution in [2.75, 3.05) is 26.9 Å². The lowest BCUT2D eigenvalue weighted by atomic mass is 9.45. The fourth-order valence-electron chi connectivity index (χ4n) is 8.19. The first-order valence-electron chi connectivity index (χ1n) is 12.8. The van der Waals surface area contributed by atoms with Crippen LogP contribution in [0.25, 0.3) is 0 Å². The van der Waals surface area contributed by atoms with Gasteiger partial charge in [-0.15, -0.1) is 0 Å². The molecule has 0 aromatic rings. The molecule has 32 heavy (non-hydrogen) atoms. The SMILES string of the molecule is COC(C)C(=O)N1CCCC2[C@@H]3CCC4C[C@@H](OCC(=O)CO)CC[C@]4(C)C3CC[C@@]21C. The zero-order chi connectivity index (χ0) is 23.1. The van der Waals surface area contributed by atoms with Gasteiger partial charge in [-0.3, -0.25) is 9.59 Å². The number of rotatable bonds is 6. The van der Waals surface area contributed by atoms with Gasteiger partial charge < -0.3 is 19.5 Å². The number of carbonyl (C=O) groups is 2. The summed E-state index contributed by atoms with van der Waals surface area (Å²) in [6.45, 7) is 7.22. The Morgan fingerprint density at radius 2 is 1.88 bits per heavy atom. The van der Waals surface area contributed by atoms with Crippen molar-refractivity contribution in [1.29, 1.82) is 0 Å². The molecule has 0 aromatic heterocycles. The van der Waals surface area contributed by atoms with E-state index in [0.29, 0.717) is 29.1 Å². The van der Waals surface area contributed by atoms with Crippen LogP contribution in [0, 0.1) is 29.1 Å². The fourth-order valence-corrected chi connectivity index (χ4v) is 8.19. The molecule has 4 unspecified atom stereocenters. The number of Topliss-reactive ketones (excluding diaryl/α,β-unsaturated/α-hetero) is 1. The summed E-state index contributed by atoms with van der Waals surface area (Å²) in [6.07, 6.45) is 10.1. The van der Waals surface area contributed by atoms with Crippen LogP contribution in [0.15, 0.2) is 0 Å². The maximum Gasteiger partial charge on any atom is 0.251 e. The van der Waals surface area contributed by atoms with Gasteiger partial charge in [-0.2, -0.15) is 0 Å². The number of likely N-dealkylation sites (tertiary alicyclic amines) is 1. The zero-order valence-electron chi connectivity index (χ0n) is 20.5. The van der Waals surface area contributed by atoms with Crippen LogP contribution in [-0.2, 0) is 19.1 Å². The van der Waals surface area contributed by atoms with Crippen LogP contribution >= 0.6 is 0 Å². The van der Waals surface area contributed by atoms with Crippen molar-refractivity contribution in [3.8, 4) is 0 Å². The van der Waals surface area contributed by atoms with E-state index in [0.717, 1.165) is 38.6 Å². The monoisotopic (exact) mass is 449 g/mol. The average Bonchev–Trinajstić information content (AvgIpc) is 2.80. The van der Waals surface area contributed by atoms with E-state index in [1.165, 1.54) is 25.7 Å². The van der Waals surface area contributed by atoms with Crippen LogP contribution in [0.5, 0.6) is 0 Å². The smallest absolute Gasteiger partial charge is 0.251 e. The number of nitrogens with zero attached hydrogens (tertiary/aromatic N) is 1. The van der Waals surface area contributed by atoms with E-state index in [1.807, 2.05) is 6.92 Å². The molecule has 0 aromatic carbocycles. The molecule has 3 aliphatic carbocycles. The Bertz CT molecular complexity index is 712. The lowest BCUT2D eigenvalue weighted by molar-refractivity contribution is -0.174. The summed E-state index contributed by atoms with van der Waals surface area (Å²) in [5.41, 5.74) is 0.286. The molecular weight excluding hydrogens is 406 g/mol.